The minimum Gasteiger partial charge on any atom is -0.479 e. The predicted octanol–water partition coefficient (Wildman–Crippen LogP) is 4.48. The van der Waals surface area contributed by atoms with Gasteiger partial charge in [-0.15, -0.1) is 0 Å². The van der Waals surface area contributed by atoms with Crippen LogP contribution in [0, 0.1) is 13.8 Å². The lowest BCUT2D eigenvalue weighted by Crippen LogP contribution is -2.41. The highest BCUT2D eigenvalue weighted by molar-refractivity contribution is 9.10. The van der Waals surface area contributed by atoms with E-state index in [0.29, 0.717) is 0 Å². The van der Waals surface area contributed by atoms with Gasteiger partial charge in [-0.2, -0.15) is 0 Å². The lowest BCUT2D eigenvalue weighted by atomic mass is 9.87. The van der Waals surface area contributed by atoms with Crippen LogP contribution in [0.3, 0.4) is 0 Å². The van der Waals surface area contributed by atoms with E-state index in [4.69, 9.17) is 0 Å². The number of hydrogen-bond acceptors (Lipinski definition) is 2. The summed E-state index contributed by atoms with van der Waals surface area (Å²) in [7, 11) is 0. The van der Waals surface area contributed by atoms with Gasteiger partial charge in [-0.1, -0.05) is 45.8 Å². The minimum absolute atomic E-state index is 0.759. The Morgan fingerprint density at radius 3 is 2.52 bits per heavy atom. The van der Waals surface area contributed by atoms with Crippen LogP contribution in [-0.4, -0.2) is 11.1 Å². The van der Waals surface area contributed by atoms with E-state index in [9.17, 15) is 9.90 Å². The van der Waals surface area contributed by atoms with Crippen LogP contribution in [0.15, 0.2) is 46.9 Å². The molecule has 0 radical (unpaired) electrons. The highest BCUT2D eigenvalue weighted by atomic mass is 79.9. The second-order valence-electron chi connectivity index (χ2n) is 5.38. The molecule has 2 N–H and O–H groups in total. The lowest BCUT2D eigenvalue weighted by Gasteiger charge is -2.30. The number of carboxylic acid groups (broad SMARTS) is 1. The second kappa shape index (κ2) is 5.90. The number of benzene rings is 2. The van der Waals surface area contributed by atoms with Crippen molar-refractivity contribution in [3.8, 4) is 0 Å². The minimum atomic E-state index is -1.18. The summed E-state index contributed by atoms with van der Waals surface area (Å²) < 4.78 is 0.904. The molecule has 0 aromatic heterocycles. The van der Waals surface area contributed by atoms with Crippen LogP contribution in [0.1, 0.15) is 23.6 Å². The molecular weight excluding hydrogens is 330 g/mol. The van der Waals surface area contributed by atoms with Gasteiger partial charge in [0.25, 0.3) is 0 Å². The van der Waals surface area contributed by atoms with Gasteiger partial charge in [0.2, 0.25) is 0 Å². The molecule has 21 heavy (non-hydrogen) atoms. The molecule has 0 aliphatic rings. The second-order valence-corrected chi connectivity index (χ2v) is 6.30. The molecule has 0 aliphatic carbocycles. The Balaban J connectivity index is 2.50. The third kappa shape index (κ3) is 3.27. The van der Waals surface area contributed by atoms with E-state index in [1.54, 1.807) is 6.92 Å². The van der Waals surface area contributed by atoms with Gasteiger partial charge in [-0.3, -0.25) is 0 Å². The summed E-state index contributed by atoms with van der Waals surface area (Å²) in [5.74, 6) is -0.906. The number of aliphatic carboxylic acids is 1. The molecule has 2 rings (SSSR count). The topological polar surface area (TPSA) is 49.3 Å². The van der Waals surface area contributed by atoms with Crippen molar-refractivity contribution >= 4 is 27.6 Å². The fourth-order valence-electron chi connectivity index (χ4n) is 2.37. The number of carboxylic acids is 1. The zero-order valence-corrected chi connectivity index (χ0v) is 13.9. The molecule has 0 aliphatic heterocycles. The monoisotopic (exact) mass is 347 g/mol. The summed E-state index contributed by atoms with van der Waals surface area (Å²) in [6.07, 6.45) is 0. The van der Waals surface area contributed by atoms with E-state index >= 15 is 0 Å². The summed E-state index contributed by atoms with van der Waals surface area (Å²) in [4.78, 5) is 11.9. The van der Waals surface area contributed by atoms with Crippen molar-refractivity contribution in [1.82, 2.24) is 0 Å². The third-order valence-corrected chi connectivity index (χ3v) is 4.07. The van der Waals surface area contributed by atoms with Gasteiger partial charge in [0, 0.05) is 10.2 Å². The molecule has 3 nitrogen and oxygen atoms in total. The maximum atomic E-state index is 11.9. The maximum Gasteiger partial charge on any atom is 0.333 e. The molecule has 4 heteroatoms. The van der Waals surface area contributed by atoms with E-state index in [1.807, 2.05) is 56.3 Å². The van der Waals surface area contributed by atoms with Crippen LogP contribution in [-0.2, 0) is 10.3 Å². The van der Waals surface area contributed by atoms with Crippen molar-refractivity contribution in [2.24, 2.45) is 0 Å². The number of anilines is 1. The number of rotatable bonds is 4. The molecule has 0 saturated carbocycles. The van der Waals surface area contributed by atoms with E-state index in [0.717, 1.165) is 26.9 Å². The van der Waals surface area contributed by atoms with Crippen molar-refractivity contribution in [3.63, 3.8) is 0 Å². The molecule has 1 unspecified atom stereocenters. The Morgan fingerprint density at radius 2 is 1.90 bits per heavy atom. The SMILES string of the molecule is Cc1ccc(C)c(C(C)(Nc2cccc(Br)c2)C(=O)O)c1. The molecule has 110 valence electrons. The van der Waals surface area contributed by atoms with Crippen molar-refractivity contribution in [1.29, 1.82) is 0 Å². The number of aryl methyl sites for hydroxylation is 2. The Labute approximate surface area is 133 Å². The van der Waals surface area contributed by atoms with E-state index in [1.165, 1.54) is 0 Å². The van der Waals surface area contributed by atoms with Crippen LogP contribution < -0.4 is 5.32 Å². The van der Waals surface area contributed by atoms with Gasteiger partial charge in [0.15, 0.2) is 5.54 Å². The molecule has 0 heterocycles. The molecule has 2 aromatic rings. The Bertz CT molecular complexity index is 684. The largest absolute Gasteiger partial charge is 0.479 e. The van der Waals surface area contributed by atoms with E-state index < -0.39 is 11.5 Å². The summed E-state index contributed by atoms with van der Waals surface area (Å²) in [5.41, 5.74) is 2.34. The van der Waals surface area contributed by atoms with Gasteiger partial charge in [-0.05, 0) is 50.1 Å². The quantitative estimate of drug-likeness (QED) is 0.857. The van der Waals surface area contributed by atoms with Crippen LogP contribution in [0.5, 0.6) is 0 Å². The molecular formula is C17H18BrNO2. The van der Waals surface area contributed by atoms with E-state index in [2.05, 4.69) is 21.2 Å². The highest BCUT2D eigenvalue weighted by Crippen LogP contribution is 2.30. The number of carbonyl (C=O) groups is 1. The standard InChI is InChI=1S/C17H18BrNO2/c1-11-7-8-12(2)15(9-11)17(3,16(20)21)19-14-6-4-5-13(18)10-14/h4-10,19H,1-3H3,(H,20,21). The number of nitrogens with one attached hydrogen (secondary N) is 1. The van der Waals surface area contributed by atoms with Crippen LogP contribution >= 0.6 is 15.9 Å². The summed E-state index contributed by atoms with van der Waals surface area (Å²) >= 11 is 3.40. The average Bonchev–Trinajstić information content (AvgIpc) is 2.41. The average molecular weight is 348 g/mol. The zero-order valence-electron chi connectivity index (χ0n) is 12.3. The molecule has 0 amide bonds. The molecule has 0 fully saturated rings. The summed E-state index contributed by atoms with van der Waals surface area (Å²) in [5, 5.41) is 12.9. The first-order valence-electron chi connectivity index (χ1n) is 6.68. The van der Waals surface area contributed by atoms with E-state index in [-0.39, 0.29) is 0 Å². The fraction of sp³-hybridized carbons (Fsp3) is 0.235. The first-order chi connectivity index (χ1) is 9.83. The van der Waals surface area contributed by atoms with Gasteiger partial charge >= 0.3 is 5.97 Å². The molecule has 0 spiro atoms. The zero-order chi connectivity index (χ0) is 15.6. The molecule has 0 bridgehead atoms. The van der Waals surface area contributed by atoms with Crippen molar-refractivity contribution in [2.45, 2.75) is 26.3 Å². The number of hydrogen-bond donors (Lipinski definition) is 2. The van der Waals surface area contributed by atoms with Crippen LogP contribution in [0.25, 0.3) is 0 Å². The first-order valence-corrected chi connectivity index (χ1v) is 7.47. The predicted molar refractivity (Wildman–Crippen MR) is 88.7 cm³/mol. The van der Waals surface area contributed by atoms with Gasteiger partial charge in [0.1, 0.15) is 0 Å². The van der Waals surface area contributed by atoms with Crippen molar-refractivity contribution in [2.75, 3.05) is 5.32 Å². The number of halogens is 1. The lowest BCUT2D eigenvalue weighted by molar-refractivity contribution is -0.142. The maximum absolute atomic E-state index is 11.9. The Morgan fingerprint density at radius 1 is 1.19 bits per heavy atom. The van der Waals surface area contributed by atoms with Crippen LogP contribution in [0.2, 0.25) is 0 Å². The molecule has 2 aromatic carbocycles. The van der Waals surface area contributed by atoms with Gasteiger partial charge in [-0.25, -0.2) is 4.79 Å². The Kier molecular flexibility index (Phi) is 4.37. The van der Waals surface area contributed by atoms with Gasteiger partial charge < -0.3 is 10.4 Å². The van der Waals surface area contributed by atoms with Crippen LogP contribution in [0.4, 0.5) is 5.69 Å². The third-order valence-electron chi connectivity index (χ3n) is 3.58. The summed E-state index contributed by atoms with van der Waals surface area (Å²) in [6.45, 7) is 5.58. The van der Waals surface area contributed by atoms with Gasteiger partial charge in [0.05, 0.1) is 0 Å². The molecule has 1 atom stereocenters. The van der Waals surface area contributed by atoms with Crippen molar-refractivity contribution < 1.29 is 9.90 Å². The highest BCUT2D eigenvalue weighted by Gasteiger charge is 2.36. The van der Waals surface area contributed by atoms with Crippen molar-refractivity contribution in [3.05, 3.63) is 63.6 Å². The molecule has 0 saturated heterocycles. The smallest absolute Gasteiger partial charge is 0.333 e. The first kappa shape index (κ1) is 15.6. The normalized spacial score (nSPS) is 13.5. The summed E-state index contributed by atoms with van der Waals surface area (Å²) in [6, 6.07) is 13.4. The fourth-order valence-corrected chi connectivity index (χ4v) is 2.76. The Hall–Kier alpha value is -1.81.